The fourth-order valence-corrected chi connectivity index (χ4v) is 2.43. The lowest BCUT2D eigenvalue weighted by Crippen LogP contribution is -2.40. The normalized spacial score (nSPS) is 19.1. The molecule has 1 aliphatic heterocycles. The molecular weight excluding hydrogens is 258 g/mol. The van der Waals surface area contributed by atoms with Gasteiger partial charge in [-0.15, -0.1) is 0 Å². The molecule has 2 aromatic carbocycles. The van der Waals surface area contributed by atoms with Crippen LogP contribution < -0.4 is 5.73 Å². The molecule has 0 aliphatic carbocycles. The lowest BCUT2D eigenvalue weighted by Gasteiger charge is -2.36. The Kier molecular flexibility index (Phi) is 3.45. The van der Waals surface area contributed by atoms with E-state index in [1.54, 1.807) is 0 Å². The number of hydrogen-bond acceptors (Lipinski definition) is 2. The van der Waals surface area contributed by atoms with Crippen LogP contribution in [0.1, 0.15) is 11.1 Å². The van der Waals surface area contributed by atoms with Crippen LogP contribution in [0.3, 0.4) is 0 Å². The van der Waals surface area contributed by atoms with Gasteiger partial charge in [-0.05, 0) is 29.7 Å². The molecule has 0 amide bonds. The minimum atomic E-state index is 0.156. The second-order valence-electron chi connectivity index (χ2n) is 4.75. The quantitative estimate of drug-likeness (QED) is 0.868. The first-order valence-corrected chi connectivity index (χ1v) is 6.68. The summed E-state index contributed by atoms with van der Waals surface area (Å²) >= 11 is 5.95. The predicted octanol–water partition coefficient (Wildman–Crippen LogP) is 3.49. The molecular formula is C16H15ClNO. The molecule has 1 aliphatic rings. The first-order chi connectivity index (χ1) is 9.24. The first-order valence-electron chi connectivity index (χ1n) is 6.30. The van der Waals surface area contributed by atoms with Crippen molar-refractivity contribution in [1.82, 2.24) is 0 Å². The fourth-order valence-electron chi connectivity index (χ4n) is 2.31. The van der Waals surface area contributed by atoms with Crippen LogP contribution in [0.2, 0.25) is 5.02 Å². The van der Waals surface area contributed by atoms with E-state index in [9.17, 15) is 0 Å². The zero-order valence-electron chi connectivity index (χ0n) is 10.5. The summed E-state index contributed by atoms with van der Waals surface area (Å²) in [5.74, 6) is 1.30. The number of hydrogen-bond donors (Lipinski definition) is 1. The fraction of sp³-hybridized carbons (Fsp3) is 0.188. The zero-order valence-corrected chi connectivity index (χ0v) is 11.2. The van der Waals surface area contributed by atoms with Crippen LogP contribution >= 0.6 is 11.6 Å². The number of rotatable bonds is 3. The topological polar surface area (TPSA) is 35.2 Å². The third-order valence-corrected chi connectivity index (χ3v) is 3.80. The van der Waals surface area contributed by atoms with E-state index in [-0.39, 0.29) is 6.10 Å². The molecule has 0 bridgehead atoms. The summed E-state index contributed by atoms with van der Waals surface area (Å²) < 4.78 is 5.66. The Morgan fingerprint density at radius 1 is 1.16 bits per heavy atom. The van der Waals surface area contributed by atoms with Crippen molar-refractivity contribution in [3.8, 4) is 0 Å². The maximum Gasteiger partial charge on any atom is 0.0745 e. The highest BCUT2D eigenvalue weighted by Gasteiger charge is 2.34. The molecule has 2 aromatic rings. The standard InChI is InChI=1S/C16H15ClNO/c17-14-7-6-12(9-15(14)18)13-10-19-16(13)8-11-4-2-1-3-5-11/h1-7,9,16H,8,10,18H2. The van der Waals surface area contributed by atoms with Crippen molar-refractivity contribution in [3.63, 3.8) is 0 Å². The minimum absolute atomic E-state index is 0.156. The van der Waals surface area contributed by atoms with Gasteiger partial charge in [-0.2, -0.15) is 0 Å². The van der Waals surface area contributed by atoms with Crippen LogP contribution in [0, 0.1) is 5.92 Å². The zero-order chi connectivity index (χ0) is 13.2. The molecule has 3 heteroatoms. The van der Waals surface area contributed by atoms with Gasteiger partial charge in [0.1, 0.15) is 0 Å². The number of nitrogens with two attached hydrogens (primary N) is 1. The highest BCUT2D eigenvalue weighted by atomic mass is 35.5. The average Bonchev–Trinajstić information content (AvgIpc) is 2.40. The average molecular weight is 273 g/mol. The van der Waals surface area contributed by atoms with Crippen molar-refractivity contribution in [2.75, 3.05) is 12.3 Å². The van der Waals surface area contributed by atoms with Crippen molar-refractivity contribution in [1.29, 1.82) is 0 Å². The van der Waals surface area contributed by atoms with E-state index in [0.29, 0.717) is 17.3 Å². The molecule has 1 fully saturated rings. The largest absolute Gasteiger partial charge is 0.398 e. The Morgan fingerprint density at radius 3 is 2.58 bits per heavy atom. The Morgan fingerprint density at radius 2 is 1.95 bits per heavy atom. The summed E-state index contributed by atoms with van der Waals surface area (Å²) in [5.41, 5.74) is 8.89. The summed E-state index contributed by atoms with van der Waals surface area (Å²) in [6.07, 6.45) is 1.06. The monoisotopic (exact) mass is 272 g/mol. The molecule has 3 rings (SSSR count). The van der Waals surface area contributed by atoms with Crippen molar-refractivity contribution < 1.29 is 4.74 Å². The molecule has 0 aromatic heterocycles. The number of benzene rings is 2. The first kappa shape index (κ1) is 12.5. The summed E-state index contributed by atoms with van der Waals surface area (Å²) in [7, 11) is 0. The predicted molar refractivity (Wildman–Crippen MR) is 78.1 cm³/mol. The van der Waals surface area contributed by atoms with E-state index >= 15 is 0 Å². The number of anilines is 1. The van der Waals surface area contributed by atoms with Gasteiger partial charge in [-0.25, -0.2) is 0 Å². The summed E-state index contributed by atoms with van der Waals surface area (Å²) in [6, 6.07) is 16.1. The van der Waals surface area contributed by atoms with Crippen molar-refractivity contribution >= 4 is 17.3 Å². The number of ether oxygens (including phenoxy) is 1. The number of halogens is 1. The summed E-state index contributed by atoms with van der Waals surface area (Å²) in [5, 5.41) is 0.601. The highest BCUT2D eigenvalue weighted by molar-refractivity contribution is 6.33. The Labute approximate surface area is 118 Å². The van der Waals surface area contributed by atoms with Crippen molar-refractivity contribution in [2.24, 2.45) is 0 Å². The van der Waals surface area contributed by atoms with Crippen molar-refractivity contribution in [3.05, 3.63) is 70.6 Å². The molecule has 1 heterocycles. The van der Waals surface area contributed by atoms with Gasteiger partial charge in [0.25, 0.3) is 0 Å². The van der Waals surface area contributed by atoms with Crippen LogP contribution in [0.15, 0.2) is 48.5 Å². The van der Waals surface area contributed by atoms with Gasteiger partial charge >= 0.3 is 0 Å². The highest BCUT2D eigenvalue weighted by Crippen LogP contribution is 2.34. The molecule has 2 nitrogen and oxygen atoms in total. The molecule has 0 saturated carbocycles. The minimum Gasteiger partial charge on any atom is -0.398 e. The third kappa shape index (κ3) is 2.60. The van der Waals surface area contributed by atoms with Gasteiger partial charge < -0.3 is 10.5 Å². The maximum atomic E-state index is 5.95. The third-order valence-electron chi connectivity index (χ3n) is 3.46. The smallest absolute Gasteiger partial charge is 0.0745 e. The van der Waals surface area contributed by atoms with Gasteiger partial charge in [-0.3, -0.25) is 0 Å². The van der Waals surface area contributed by atoms with Crippen LogP contribution in [0.25, 0.3) is 0 Å². The molecule has 0 spiro atoms. The SMILES string of the molecule is Nc1cc([C]2COC2Cc2ccccc2)ccc1Cl. The molecule has 1 saturated heterocycles. The lowest BCUT2D eigenvalue weighted by molar-refractivity contribution is -0.0123. The van der Waals surface area contributed by atoms with E-state index in [1.165, 1.54) is 11.5 Å². The molecule has 1 atom stereocenters. The molecule has 97 valence electrons. The van der Waals surface area contributed by atoms with Gasteiger partial charge in [0.05, 0.1) is 29.3 Å². The second kappa shape index (κ2) is 5.24. The van der Waals surface area contributed by atoms with Crippen LogP contribution in [-0.2, 0) is 11.2 Å². The lowest BCUT2D eigenvalue weighted by atomic mass is 9.86. The van der Waals surface area contributed by atoms with Crippen LogP contribution in [-0.4, -0.2) is 12.7 Å². The molecule has 19 heavy (non-hydrogen) atoms. The molecule has 1 unspecified atom stereocenters. The van der Waals surface area contributed by atoms with Gasteiger partial charge in [0, 0.05) is 0 Å². The molecule has 1 radical (unpaired) electrons. The Balaban J connectivity index is 1.74. The van der Waals surface area contributed by atoms with Gasteiger partial charge in [-0.1, -0.05) is 48.0 Å². The van der Waals surface area contributed by atoms with Gasteiger partial charge in [0.2, 0.25) is 0 Å². The Bertz CT molecular complexity index is 570. The summed E-state index contributed by atoms with van der Waals surface area (Å²) in [4.78, 5) is 0. The van der Waals surface area contributed by atoms with E-state index in [1.807, 2.05) is 36.4 Å². The number of nitrogen functional groups attached to an aromatic ring is 1. The second-order valence-corrected chi connectivity index (χ2v) is 5.16. The van der Waals surface area contributed by atoms with E-state index in [2.05, 4.69) is 12.1 Å². The van der Waals surface area contributed by atoms with Crippen LogP contribution in [0.5, 0.6) is 0 Å². The molecule has 2 N–H and O–H groups in total. The maximum absolute atomic E-state index is 5.95. The van der Waals surface area contributed by atoms with Crippen LogP contribution in [0.4, 0.5) is 5.69 Å². The van der Waals surface area contributed by atoms with E-state index in [4.69, 9.17) is 22.1 Å². The van der Waals surface area contributed by atoms with E-state index < -0.39 is 0 Å². The summed E-state index contributed by atoms with van der Waals surface area (Å²) in [6.45, 7) is 0.679. The van der Waals surface area contributed by atoms with Crippen molar-refractivity contribution in [2.45, 2.75) is 12.5 Å². The Hall–Kier alpha value is -1.51. The van der Waals surface area contributed by atoms with Gasteiger partial charge in [0.15, 0.2) is 0 Å². The van der Waals surface area contributed by atoms with E-state index in [0.717, 1.165) is 12.0 Å².